The zero-order valence-electron chi connectivity index (χ0n) is 19.3. The van der Waals surface area contributed by atoms with Gasteiger partial charge in [0, 0.05) is 0 Å². The Morgan fingerprint density at radius 1 is 0.407 bits per heavy atom. The first kappa shape index (κ1) is 23.3. The summed E-state index contributed by atoms with van der Waals surface area (Å²) >= 11 is 0. The predicted molar refractivity (Wildman–Crippen MR) is 122 cm³/mol. The molecule has 0 bridgehead atoms. The first-order valence-corrected chi connectivity index (χ1v) is 13.2. The first-order valence-electron chi connectivity index (χ1n) is 13.2. The average molecular weight is 377 g/mol. The number of unbranched alkanes of at least 4 members (excludes halogenated alkanes) is 8. The maximum Gasteiger partial charge on any atom is -0.0297 e. The van der Waals surface area contributed by atoms with Crippen LogP contribution in [0.2, 0.25) is 0 Å². The summed E-state index contributed by atoms with van der Waals surface area (Å²) in [5.41, 5.74) is 1.56. The smallest absolute Gasteiger partial charge is 0.0297 e. The lowest BCUT2D eigenvalue weighted by molar-refractivity contribution is 0.229. The fourth-order valence-corrected chi connectivity index (χ4v) is 6.49. The Kier molecular flexibility index (Phi) is 11.4. The molecule has 0 aromatic rings. The van der Waals surface area contributed by atoms with Gasteiger partial charge in [-0.3, -0.25) is 0 Å². The molecule has 2 rings (SSSR count). The topological polar surface area (TPSA) is 0 Å². The highest BCUT2D eigenvalue weighted by atomic mass is 14.4. The van der Waals surface area contributed by atoms with Gasteiger partial charge in [0.15, 0.2) is 0 Å². The van der Waals surface area contributed by atoms with Crippen LogP contribution in [0.3, 0.4) is 0 Å². The third kappa shape index (κ3) is 8.49. The molecule has 0 N–H and O–H groups in total. The van der Waals surface area contributed by atoms with E-state index in [1.165, 1.54) is 109 Å². The Morgan fingerprint density at radius 2 is 0.704 bits per heavy atom. The molecule has 160 valence electrons. The molecule has 0 aromatic carbocycles. The van der Waals surface area contributed by atoms with Crippen molar-refractivity contribution in [3.05, 3.63) is 0 Å². The highest BCUT2D eigenvalue weighted by Gasteiger charge is 2.33. The summed E-state index contributed by atoms with van der Waals surface area (Å²) < 4.78 is 0. The van der Waals surface area contributed by atoms with Gasteiger partial charge in [0.1, 0.15) is 0 Å². The second-order valence-electron chi connectivity index (χ2n) is 10.6. The zero-order valence-corrected chi connectivity index (χ0v) is 19.3. The molecule has 2 aliphatic rings. The Morgan fingerprint density at radius 3 is 1.04 bits per heavy atom. The summed E-state index contributed by atoms with van der Waals surface area (Å²) in [5, 5.41) is 0. The van der Waals surface area contributed by atoms with E-state index in [0.717, 1.165) is 10.8 Å². The summed E-state index contributed by atoms with van der Waals surface area (Å²) in [6.45, 7) is 4.72. The standard InChI is InChI=1S/C27H52/c1-3-5-18-26(22-14-15-23-26)20-12-10-8-7-9-11-13-21-27(19-6-4-2)24-16-17-25-27/h3-25H2,1-2H3. The molecule has 0 amide bonds. The van der Waals surface area contributed by atoms with Gasteiger partial charge in [0.25, 0.3) is 0 Å². The molecule has 2 saturated carbocycles. The van der Waals surface area contributed by atoms with Crippen molar-refractivity contribution < 1.29 is 0 Å². The highest BCUT2D eigenvalue weighted by molar-refractivity contribution is 4.85. The molecule has 2 fully saturated rings. The Hall–Kier alpha value is 0. The second-order valence-corrected chi connectivity index (χ2v) is 10.6. The molecule has 2 aliphatic carbocycles. The molecular formula is C27H52. The van der Waals surface area contributed by atoms with Gasteiger partial charge in [-0.15, -0.1) is 0 Å². The summed E-state index contributed by atoms with van der Waals surface area (Å²) in [7, 11) is 0. The van der Waals surface area contributed by atoms with Gasteiger partial charge >= 0.3 is 0 Å². The molecule has 27 heavy (non-hydrogen) atoms. The molecule has 0 aliphatic heterocycles. The quantitative estimate of drug-likeness (QED) is 0.235. The van der Waals surface area contributed by atoms with Crippen LogP contribution in [-0.2, 0) is 0 Å². The Bertz CT molecular complexity index is 309. The van der Waals surface area contributed by atoms with E-state index in [1.807, 2.05) is 0 Å². The first-order chi connectivity index (χ1) is 13.2. The van der Waals surface area contributed by atoms with Gasteiger partial charge in [-0.25, -0.2) is 0 Å². The van der Waals surface area contributed by atoms with Crippen molar-refractivity contribution in [2.24, 2.45) is 10.8 Å². The monoisotopic (exact) mass is 376 g/mol. The van der Waals surface area contributed by atoms with E-state index in [-0.39, 0.29) is 0 Å². The van der Waals surface area contributed by atoms with Crippen LogP contribution in [0.1, 0.15) is 162 Å². The van der Waals surface area contributed by atoms with E-state index in [1.54, 1.807) is 38.5 Å². The van der Waals surface area contributed by atoms with Crippen molar-refractivity contribution in [3.8, 4) is 0 Å². The van der Waals surface area contributed by atoms with Crippen LogP contribution in [-0.4, -0.2) is 0 Å². The van der Waals surface area contributed by atoms with Crippen molar-refractivity contribution in [2.45, 2.75) is 162 Å². The fourth-order valence-electron chi connectivity index (χ4n) is 6.49. The van der Waals surface area contributed by atoms with Gasteiger partial charge in [-0.2, -0.15) is 0 Å². The maximum absolute atomic E-state index is 2.36. The van der Waals surface area contributed by atoms with Crippen LogP contribution in [0.15, 0.2) is 0 Å². The van der Waals surface area contributed by atoms with Crippen molar-refractivity contribution in [2.75, 3.05) is 0 Å². The van der Waals surface area contributed by atoms with E-state index >= 15 is 0 Å². The summed E-state index contributed by atoms with van der Waals surface area (Å²) in [6, 6.07) is 0. The van der Waals surface area contributed by atoms with Gasteiger partial charge in [-0.1, -0.05) is 110 Å². The molecule has 0 heteroatoms. The van der Waals surface area contributed by atoms with Crippen molar-refractivity contribution >= 4 is 0 Å². The minimum absolute atomic E-state index is 0.782. The Labute approximate surface area is 172 Å². The van der Waals surface area contributed by atoms with Crippen molar-refractivity contribution in [3.63, 3.8) is 0 Å². The van der Waals surface area contributed by atoms with Crippen molar-refractivity contribution in [1.82, 2.24) is 0 Å². The molecule has 0 saturated heterocycles. The Balaban J connectivity index is 1.47. The number of hydrogen-bond donors (Lipinski definition) is 0. The van der Waals surface area contributed by atoms with E-state index in [9.17, 15) is 0 Å². The molecular weight excluding hydrogens is 324 g/mol. The van der Waals surface area contributed by atoms with Gasteiger partial charge in [0.05, 0.1) is 0 Å². The van der Waals surface area contributed by atoms with Crippen LogP contribution in [0.5, 0.6) is 0 Å². The summed E-state index contributed by atoms with van der Waals surface area (Å²) in [5.74, 6) is 0. The minimum Gasteiger partial charge on any atom is -0.0654 e. The zero-order chi connectivity index (χ0) is 19.3. The van der Waals surface area contributed by atoms with E-state index in [0.29, 0.717) is 0 Å². The van der Waals surface area contributed by atoms with Gasteiger partial charge < -0.3 is 0 Å². The van der Waals surface area contributed by atoms with Crippen molar-refractivity contribution in [1.29, 1.82) is 0 Å². The minimum atomic E-state index is 0.782. The molecule has 0 aromatic heterocycles. The van der Waals surface area contributed by atoms with Crippen LogP contribution in [0, 0.1) is 10.8 Å². The second kappa shape index (κ2) is 13.3. The molecule has 0 spiro atoms. The van der Waals surface area contributed by atoms with E-state index < -0.39 is 0 Å². The number of hydrogen-bond acceptors (Lipinski definition) is 0. The lowest BCUT2D eigenvalue weighted by Crippen LogP contribution is -2.16. The predicted octanol–water partition coefficient (Wildman–Crippen LogP) is 10.00. The molecule has 0 radical (unpaired) electrons. The lowest BCUT2D eigenvalue weighted by atomic mass is 9.76. The SMILES string of the molecule is CCCCC1(CCCCCCCCCC2(CCCC)CCCC2)CCCC1. The van der Waals surface area contributed by atoms with Gasteiger partial charge in [-0.05, 0) is 62.2 Å². The lowest BCUT2D eigenvalue weighted by Gasteiger charge is -2.29. The van der Waals surface area contributed by atoms with E-state index in [4.69, 9.17) is 0 Å². The molecule has 0 nitrogen and oxygen atoms in total. The highest BCUT2D eigenvalue weighted by Crippen LogP contribution is 2.47. The third-order valence-corrected chi connectivity index (χ3v) is 8.36. The largest absolute Gasteiger partial charge is 0.0654 e. The fraction of sp³-hybridized carbons (Fsp3) is 1.00. The summed E-state index contributed by atoms with van der Waals surface area (Å²) in [4.78, 5) is 0. The third-order valence-electron chi connectivity index (χ3n) is 8.36. The average Bonchev–Trinajstić information content (AvgIpc) is 3.34. The maximum atomic E-state index is 2.36. The summed E-state index contributed by atoms with van der Waals surface area (Å²) in [6.07, 6.45) is 34.7. The van der Waals surface area contributed by atoms with Gasteiger partial charge in [0.2, 0.25) is 0 Å². The van der Waals surface area contributed by atoms with Crippen LogP contribution in [0.25, 0.3) is 0 Å². The number of rotatable bonds is 16. The molecule has 0 atom stereocenters. The van der Waals surface area contributed by atoms with Crippen LogP contribution < -0.4 is 0 Å². The van der Waals surface area contributed by atoms with Crippen LogP contribution in [0.4, 0.5) is 0 Å². The normalized spacial score (nSPS) is 21.1. The van der Waals surface area contributed by atoms with Crippen LogP contribution >= 0.6 is 0 Å². The van der Waals surface area contributed by atoms with E-state index in [2.05, 4.69) is 13.8 Å². The molecule has 0 unspecified atom stereocenters. The molecule has 0 heterocycles.